The lowest BCUT2D eigenvalue weighted by atomic mass is 10.2. The highest BCUT2D eigenvalue weighted by atomic mass is 16.5. The Labute approximate surface area is 104 Å². The van der Waals surface area contributed by atoms with Crippen molar-refractivity contribution in [2.45, 2.75) is 0 Å². The van der Waals surface area contributed by atoms with E-state index in [9.17, 15) is 0 Å². The van der Waals surface area contributed by atoms with E-state index in [1.807, 2.05) is 24.3 Å². The SMILES string of the molecule is C=CCOc1ccccc1/C=N/n1nnnc1N. The van der Waals surface area contributed by atoms with Crippen LogP contribution in [-0.4, -0.2) is 33.1 Å². The van der Waals surface area contributed by atoms with Crippen LogP contribution in [-0.2, 0) is 0 Å². The van der Waals surface area contributed by atoms with Gasteiger partial charge in [-0.1, -0.05) is 34.7 Å². The molecule has 7 nitrogen and oxygen atoms in total. The van der Waals surface area contributed by atoms with Crippen LogP contribution in [0.25, 0.3) is 0 Å². The fourth-order valence-electron chi connectivity index (χ4n) is 1.26. The summed E-state index contributed by atoms with van der Waals surface area (Å²) in [5.74, 6) is 0.823. The van der Waals surface area contributed by atoms with Crippen molar-refractivity contribution in [2.24, 2.45) is 5.10 Å². The van der Waals surface area contributed by atoms with Crippen molar-refractivity contribution in [3.63, 3.8) is 0 Å². The molecule has 2 aromatic rings. The van der Waals surface area contributed by atoms with Gasteiger partial charge in [-0.15, -0.1) is 0 Å². The molecule has 0 saturated heterocycles. The number of para-hydroxylation sites is 1. The Balaban J connectivity index is 2.20. The number of nitrogens with two attached hydrogens (primary N) is 1. The summed E-state index contributed by atoms with van der Waals surface area (Å²) < 4.78 is 5.48. The molecule has 1 heterocycles. The predicted molar refractivity (Wildman–Crippen MR) is 67.4 cm³/mol. The molecule has 7 heteroatoms. The molecule has 0 aliphatic rings. The first-order valence-corrected chi connectivity index (χ1v) is 5.22. The summed E-state index contributed by atoms with van der Waals surface area (Å²) in [5, 5.41) is 14.5. The molecule has 0 amide bonds. The third-order valence-electron chi connectivity index (χ3n) is 2.06. The Bertz CT molecular complexity index is 562. The molecule has 2 rings (SSSR count). The lowest BCUT2D eigenvalue weighted by molar-refractivity contribution is 0.362. The molecule has 1 aromatic carbocycles. The van der Waals surface area contributed by atoms with Crippen LogP contribution in [0.2, 0.25) is 0 Å². The van der Waals surface area contributed by atoms with Gasteiger partial charge in [0.05, 0.1) is 6.21 Å². The van der Waals surface area contributed by atoms with Gasteiger partial charge in [0.1, 0.15) is 12.4 Å². The summed E-state index contributed by atoms with van der Waals surface area (Å²) in [6.45, 7) is 4.03. The van der Waals surface area contributed by atoms with E-state index in [1.54, 1.807) is 12.3 Å². The smallest absolute Gasteiger partial charge is 0.263 e. The van der Waals surface area contributed by atoms with Crippen LogP contribution in [0.4, 0.5) is 5.95 Å². The van der Waals surface area contributed by atoms with Crippen LogP contribution in [0.1, 0.15) is 5.56 Å². The van der Waals surface area contributed by atoms with E-state index in [0.29, 0.717) is 12.4 Å². The number of ether oxygens (including phenoxy) is 1. The van der Waals surface area contributed by atoms with Crippen molar-refractivity contribution >= 4 is 12.2 Å². The largest absolute Gasteiger partial charge is 0.489 e. The van der Waals surface area contributed by atoms with Crippen LogP contribution in [0.15, 0.2) is 42.0 Å². The zero-order valence-electron chi connectivity index (χ0n) is 9.60. The average Bonchev–Trinajstić information content (AvgIpc) is 2.80. The monoisotopic (exact) mass is 244 g/mol. The minimum absolute atomic E-state index is 0.121. The van der Waals surface area contributed by atoms with Crippen molar-refractivity contribution in [1.82, 2.24) is 20.3 Å². The van der Waals surface area contributed by atoms with Gasteiger partial charge in [-0.25, -0.2) is 0 Å². The molecule has 0 aliphatic carbocycles. The van der Waals surface area contributed by atoms with Gasteiger partial charge in [-0.3, -0.25) is 0 Å². The molecule has 0 atom stereocenters. The van der Waals surface area contributed by atoms with Crippen LogP contribution in [0, 0.1) is 0 Å². The summed E-state index contributed by atoms with van der Waals surface area (Å²) in [4.78, 5) is 1.13. The minimum atomic E-state index is 0.121. The third kappa shape index (κ3) is 2.70. The second-order valence-corrected chi connectivity index (χ2v) is 3.31. The van der Waals surface area contributed by atoms with Gasteiger partial charge >= 0.3 is 0 Å². The maximum absolute atomic E-state index is 5.49. The summed E-state index contributed by atoms with van der Waals surface area (Å²) in [7, 11) is 0. The molecule has 0 unspecified atom stereocenters. The first kappa shape index (κ1) is 11.8. The van der Waals surface area contributed by atoms with E-state index < -0.39 is 0 Å². The number of nitrogen functional groups attached to an aromatic ring is 1. The first-order valence-electron chi connectivity index (χ1n) is 5.22. The average molecular weight is 244 g/mol. The molecule has 0 bridgehead atoms. The van der Waals surface area contributed by atoms with Gasteiger partial charge in [0.15, 0.2) is 0 Å². The highest BCUT2D eigenvalue weighted by Gasteiger charge is 2.01. The maximum atomic E-state index is 5.49. The van der Waals surface area contributed by atoms with Crippen LogP contribution in [0.3, 0.4) is 0 Å². The number of anilines is 1. The summed E-state index contributed by atoms with van der Waals surface area (Å²) in [6, 6.07) is 7.46. The molecule has 0 spiro atoms. The highest BCUT2D eigenvalue weighted by molar-refractivity contribution is 5.83. The molecule has 0 fully saturated rings. The van der Waals surface area contributed by atoms with E-state index in [1.165, 1.54) is 0 Å². The molecule has 92 valence electrons. The zero-order valence-corrected chi connectivity index (χ0v) is 9.60. The van der Waals surface area contributed by atoms with Gasteiger partial charge < -0.3 is 10.5 Å². The van der Waals surface area contributed by atoms with Crippen molar-refractivity contribution in [3.8, 4) is 5.75 Å². The Morgan fingerprint density at radius 1 is 1.44 bits per heavy atom. The minimum Gasteiger partial charge on any atom is -0.489 e. The van der Waals surface area contributed by atoms with Crippen molar-refractivity contribution in [1.29, 1.82) is 0 Å². The van der Waals surface area contributed by atoms with Gasteiger partial charge in [-0.2, -0.15) is 5.10 Å². The van der Waals surface area contributed by atoms with E-state index >= 15 is 0 Å². The fraction of sp³-hybridized carbons (Fsp3) is 0.0909. The molecule has 0 aliphatic heterocycles. The van der Waals surface area contributed by atoms with E-state index in [4.69, 9.17) is 10.5 Å². The summed E-state index contributed by atoms with van der Waals surface area (Å²) in [6.07, 6.45) is 3.25. The number of nitrogens with zero attached hydrogens (tertiary/aromatic N) is 5. The Morgan fingerprint density at radius 2 is 2.28 bits per heavy atom. The van der Waals surface area contributed by atoms with Gasteiger partial charge in [0.25, 0.3) is 5.95 Å². The van der Waals surface area contributed by atoms with Crippen LogP contribution in [0.5, 0.6) is 5.75 Å². The van der Waals surface area contributed by atoms with E-state index in [2.05, 4.69) is 27.2 Å². The summed E-state index contributed by atoms with van der Waals surface area (Å²) in [5.41, 5.74) is 6.29. The Kier molecular flexibility index (Phi) is 3.65. The third-order valence-corrected chi connectivity index (χ3v) is 2.06. The molecule has 1 aromatic heterocycles. The number of tetrazole rings is 1. The van der Waals surface area contributed by atoms with Gasteiger partial charge in [-0.05, 0) is 22.6 Å². The molecular weight excluding hydrogens is 232 g/mol. The quantitative estimate of drug-likeness (QED) is 0.617. The molecule has 0 radical (unpaired) electrons. The predicted octanol–water partition coefficient (Wildman–Crippen LogP) is 0.702. The van der Waals surface area contributed by atoms with Crippen molar-refractivity contribution in [2.75, 3.05) is 12.3 Å². The Hall–Kier alpha value is -2.70. The topological polar surface area (TPSA) is 91.2 Å². The molecular formula is C11H12N6O. The lowest BCUT2D eigenvalue weighted by Crippen LogP contribution is -2.01. The van der Waals surface area contributed by atoms with Crippen LogP contribution >= 0.6 is 0 Å². The number of rotatable bonds is 5. The van der Waals surface area contributed by atoms with Gasteiger partial charge in [0, 0.05) is 5.56 Å². The first-order chi connectivity index (χ1) is 8.81. The maximum Gasteiger partial charge on any atom is 0.263 e. The van der Waals surface area contributed by atoms with E-state index in [-0.39, 0.29) is 5.95 Å². The summed E-state index contributed by atoms with van der Waals surface area (Å²) >= 11 is 0. The standard InChI is InChI=1S/C11H12N6O/c1-2-7-18-10-6-4-3-5-9(10)8-13-17-11(12)14-15-16-17/h2-6,8H,1,7H2,(H2,12,14,16)/b13-8+. The second kappa shape index (κ2) is 5.58. The number of benzene rings is 1. The zero-order chi connectivity index (χ0) is 12.8. The van der Waals surface area contributed by atoms with Crippen molar-refractivity contribution < 1.29 is 4.74 Å². The Morgan fingerprint density at radius 3 is 3.00 bits per heavy atom. The normalized spacial score (nSPS) is 10.7. The lowest BCUT2D eigenvalue weighted by Gasteiger charge is -2.05. The molecule has 18 heavy (non-hydrogen) atoms. The highest BCUT2D eigenvalue weighted by Crippen LogP contribution is 2.15. The van der Waals surface area contributed by atoms with E-state index in [0.717, 1.165) is 10.4 Å². The number of hydrogen-bond acceptors (Lipinski definition) is 6. The van der Waals surface area contributed by atoms with Gasteiger partial charge in [0.2, 0.25) is 0 Å². The second-order valence-electron chi connectivity index (χ2n) is 3.31. The van der Waals surface area contributed by atoms with Crippen molar-refractivity contribution in [3.05, 3.63) is 42.5 Å². The fourth-order valence-corrected chi connectivity index (χ4v) is 1.26. The van der Waals surface area contributed by atoms with Crippen LogP contribution < -0.4 is 10.5 Å². The molecule has 0 saturated carbocycles. The number of aromatic nitrogens is 4. The number of hydrogen-bond donors (Lipinski definition) is 1. The molecule has 2 N–H and O–H groups in total.